The van der Waals surface area contributed by atoms with E-state index in [-0.39, 0.29) is 7.43 Å². The highest BCUT2D eigenvalue weighted by Crippen LogP contribution is 0.846. The lowest BCUT2D eigenvalue weighted by molar-refractivity contribution is -0.0979. The van der Waals surface area contributed by atoms with Gasteiger partial charge >= 0.3 is 11.6 Å². The molecule has 0 aliphatic carbocycles. The maximum atomic E-state index is 8.29. The summed E-state index contributed by atoms with van der Waals surface area (Å²) in [7, 11) is 0. The monoisotopic (exact) mass is 110 g/mol. The van der Waals surface area contributed by atoms with Crippen LogP contribution >= 0.6 is 0 Å². The smallest absolute Gasteiger partial charge is 0.307 e. The first-order valence-corrected chi connectivity index (χ1v) is 1.29. The van der Waals surface area contributed by atoms with Gasteiger partial charge < -0.3 is 4.79 Å². The van der Waals surface area contributed by atoms with Crippen LogP contribution in [0.1, 0.15) is 7.43 Å². The highest BCUT2D eigenvalue weighted by Gasteiger charge is 1.12. The summed E-state index contributed by atoms with van der Waals surface area (Å²) >= 11 is -0.750. The molecule has 0 amide bonds. The molecule has 38 valence electrons. The van der Waals surface area contributed by atoms with Crippen LogP contribution in [-0.2, 0) is 16.4 Å². The molecule has 6 heavy (non-hydrogen) atoms. The minimum atomic E-state index is -0.750. The molecule has 4 heteroatoms. The van der Waals surface area contributed by atoms with Gasteiger partial charge in [-0.2, -0.15) is 8.42 Å². The van der Waals surface area contributed by atoms with Gasteiger partial charge in [0.2, 0.25) is 0 Å². The van der Waals surface area contributed by atoms with E-state index in [9.17, 15) is 0 Å². The topological polar surface area (TPSA) is 51.2 Å². The summed E-state index contributed by atoms with van der Waals surface area (Å²) in [5, 5.41) is 0. The molecule has 0 aromatic heterocycles. The second-order valence-corrected chi connectivity index (χ2v) is 0.204. The van der Waals surface area contributed by atoms with Crippen molar-refractivity contribution >= 4 is 18.4 Å². The second kappa shape index (κ2) is 228. The lowest BCUT2D eigenvalue weighted by Gasteiger charge is -0.947. The van der Waals surface area contributed by atoms with Crippen LogP contribution in [0.2, 0.25) is 0 Å². The fraction of sp³-hybridized carbons (Fsp3) is 0.500. The highest BCUT2D eigenvalue weighted by atomic mass is 32.1. The summed E-state index contributed by atoms with van der Waals surface area (Å²) in [4.78, 5) is 8.00. The van der Waals surface area contributed by atoms with Crippen LogP contribution in [0.15, 0.2) is 0 Å². The molecule has 0 heterocycles. The Morgan fingerprint density at radius 3 is 1.17 bits per heavy atom. The number of hydrogen-bond donors (Lipinski definition) is 0. The van der Waals surface area contributed by atoms with Crippen molar-refractivity contribution in [2.45, 2.75) is 7.43 Å². The van der Waals surface area contributed by atoms with E-state index >= 15 is 0 Å². The van der Waals surface area contributed by atoms with E-state index in [1.54, 1.807) is 0 Å². The molecule has 0 rings (SSSR count). The van der Waals surface area contributed by atoms with Gasteiger partial charge in [-0.05, 0) is 0 Å². The average molecular weight is 110 g/mol. The first-order valence-electron chi connectivity index (χ1n) is 0.622. The van der Waals surface area contributed by atoms with Gasteiger partial charge in [-0.25, -0.2) is 0 Å². The third kappa shape index (κ3) is 83.2. The molecule has 0 bridgehead atoms. The third-order valence-electron chi connectivity index (χ3n) is 0. The number of carbonyl (C=O) groups is 1. The summed E-state index contributed by atoms with van der Waals surface area (Å²) in [5.41, 5.74) is 0. The van der Waals surface area contributed by atoms with E-state index < -0.39 is 11.6 Å². The predicted octanol–water partition coefficient (Wildman–Crippen LogP) is -0.219. The van der Waals surface area contributed by atoms with Crippen LogP contribution < -0.4 is 0 Å². The van der Waals surface area contributed by atoms with E-state index in [1.807, 2.05) is 6.79 Å². The molecule has 0 saturated heterocycles. The molecule has 0 aliphatic rings. The molecule has 0 N–H and O–H groups in total. The van der Waals surface area contributed by atoms with Gasteiger partial charge in [-0.15, -0.1) is 0 Å². The molecule has 3 nitrogen and oxygen atoms in total. The van der Waals surface area contributed by atoms with Gasteiger partial charge in [0, 0.05) is 0 Å². The lowest BCUT2D eigenvalue weighted by atomic mass is 11.9. The molecule has 0 fully saturated rings. The molecule has 0 aromatic rings. The number of hydrogen-bond acceptors (Lipinski definition) is 3. The molecule has 0 radical (unpaired) electrons. The van der Waals surface area contributed by atoms with Crippen LogP contribution in [0, 0.1) is 0 Å². The molecule has 0 aromatic carbocycles. The van der Waals surface area contributed by atoms with Crippen LogP contribution in [0.5, 0.6) is 0 Å². The van der Waals surface area contributed by atoms with Gasteiger partial charge in [0.15, 0.2) is 0 Å². The minimum Gasteiger partial charge on any atom is -0.307 e. The Hall–Kier alpha value is -0.510. The molecule has 0 spiro atoms. The van der Waals surface area contributed by atoms with E-state index in [2.05, 4.69) is 0 Å². The molecule has 0 aliphatic heterocycles. The Balaban J connectivity index is -0.0000000275. The molecule has 0 saturated carbocycles. The van der Waals surface area contributed by atoms with Crippen LogP contribution in [0.4, 0.5) is 0 Å². The van der Waals surface area contributed by atoms with Crippen LogP contribution in [-0.4, -0.2) is 15.2 Å². The van der Waals surface area contributed by atoms with E-state index in [0.717, 1.165) is 0 Å². The van der Waals surface area contributed by atoms with Gasteiger partial charge in [0.25, 0.3) is 0 Å². The SMILES string of the molecule is C.C=O.O=S=O. The fourth-order valence-electron chi connectivity index (χ4n) is 0. The van der Waals surface area contributed by atoms with E-state index in [4.69, 9.17) is 13.2 Å². The van der Waals surface area contributed by atoms with Gasteiger partial charge in [-0.3, -0.25) is 0 Å². The zero-order chi connectivity index (χ0) is 4.71. The predicted molar refractivity (Wildman–Crippen MR) is 22.8 cm³/mol. The molecule has 0 unspecified atom stereocenters. The van der Waals surface area contributed by atoms with Gasteiger partial charge in [0.1, 0.15) is 6.79 Å². The summed E-state index contributed by atoms with van der Waals surface area (Å²) in [6.45, 7) is 2.00. The Kier molecular flexibility index (Phi) is 678. The molecule has 0 atom stereocenters. The first kappa shape index (κ1) is 17.9. The van der Waals surface area contributed by atoms with Gasteiger partial charge in [-0.1, -0.05) is 7.43 Å². The normalized spacial score (nSPS) is 2.67. The maximum Gasteiger partial charge on any atom is 0.335 e. The Morgan fingerprint density at radius 1 is 1.17 bits per heavy atom. The van der Waals surface area contributed by atoms with Crippen molar-refractivity contribution in [3.8, 4) is 0 Å². The third-order valence-corrected chi connectivity index (χ3v) is 0. The Labute approximate surface area is 40.0 Å². The summed E-state index contributed by atoms with van der Waals surface area (Å²) < 4.78 is 16.6. The summed E-state index contributed by atoms with van der Waals surface area (Å²) in [6.07, 6.45) is 0. The average Bonchev–Trinajstić information content (AvgIpc) is 1.46. The van der Waals surface area contributed by atoms with Crippen molar-refractivity contribution in [2.24, 2.45) is 0 Å². The highest BCUT2D eigenvalue weighted by molar-refractivity contribution is 7.51. The van der Waals surface area contributed by atoms with Crippen molar-refractivity contribution in [2.75, 3.05) is 0 Å². The Morgan fingerprint density at radius 2 is 1.17 bits per heavy atom. The van der Waals surface area contributed by atoms with Crippen molar-refractivity contribution in [3.63, 3.8) is 0 Å². The second-order valence-electron chi connectivity index (χ2n) is 0.0680. The lowest BCUT2D eigenvalue weighted by Crippen LogP contribution is -1.18. The van der Waals surface area contributed by atoms with Crippen LogP contribution in [0.25, 0.3) is 0 Å². The zero-order valence-electron chi connectivity index (χ0n) is 2.34. The summed E-state index contributed by atoms with van der Waals surface area (Å²) in [5.74, 6) is 0. The van der Waals surface area contributed by atoms with Crippen molar-refractivity contribution < 1.29 is 13.2 Å². The molecular weight excluding hydrogens is 104 g/mol. The maximum absolute atomic E-state index is 8.29. The number of carbonyl (C=O) groups excluding carboxylic acids is 1. The zero-order valence-corrected chi connectivity index (χ0v) is 3.16. The van der Waals surface area contributed by atoms with Crippen LogP contribution in [0.3, 0.4) is 0 Å². The largest absolute Gasteiger partial charge is 0.335 e. The quantitative estimate of drug-likeness (QED) is 0.433. The standard InChI is InChI=1S/CH2O.CH4.O2S/c1-2;;1-3-2/h1H2;1H4;. The van der Waals surface area contributed by atoms with Gasteiger partial charge in [0.05, 0.1) is 0 Å². The number of rotatable bonds is 0. The van der Waals surface area contributed by atoms with Crippen molar-refractivity contribution in [1.29, 1.82) is 0 Å². The first-order chi connectivity index (χ1) is 2.41. The molecular formula is C2H6O3S. The van der Waals surface area contributed by atoms with E-state index in [1.165, 1.54) is 0 Å². The van der Waals surface area contributed by atoms with Crippen molar-refractivity contribution in [1.82, 2.24) is 0 Å². The Bertz CT molecular complexity index is 38.1. The fourth-order valence-corrected chi connectivity index (χ4v) is 0. The minimum absolute atomic E-state index is 0. The van der Waals surface area contributed by atoms with Crippen molar-refractivity contribution in [3.05, 3.63) is 0 Å². The van der Waals surface area contributed by atoms with E-state index in [0.29, 0.717) is 0 Å². The summed E-state index contributed by atoms with van der Waals surface area (Å²) in [6, 6.07) is 0.